The Morgan fingerprint density at radius 2 is 2.13 bits per heavy atom. The van der Waals surface area contributed by atoms with Gasteiger partial charge in [0.2, 0.25) is 0 Å². The highest BCUT2D eigenvalue weighted by atomic mass is 16.5. The van der Waals surface area contributed by atoms with Gasteiger partial charge in [-0.05, 0) is 61.3 Å². The average molecular weight is 312 g/mol. The molecule has 2 saturated carbocycles. The van der Waals surface area contributed by atoms with Crippen LogP contribution in [-0.4, -0.2) is 19.7 Å². The summed E-state index contributed by atoms with van der Waals surface area (Å²) < 4.78 is 10.8. The lowest BCUT2D eigenvalue weighted by atomic mass is 9.59. The predicted octanol–water partition coefficient (Wildman–Crippen LogP) is 4.01. The van der Waals surface area contributed by atoms with Gasteiger partial charge >= 0.3 is 0 Å². The molecule has 3 nitrogen and oxygen atoms in total. The van der Waals surface area contributed by atoms with Gasteiger partial charge in [0.25, 0.3) is 6.47 Å². The molecule has 0 amide bonds. The Hall–Kier alpha value is -1.77. The number of carbonyl (C=O) groups is 1. The van der Waals surface area contributed by atoms with Crippen molar-refractivity contribution in [1.82, 2.24) is 0 Å². The molecule has 3 heteroatoms. The molecule has 4 rings (SSSR count). The molecule has 0 unspecified atom stereocenters. The number of allylic oxidation sites excluding steroid dienone is 2. The Morgan fingerprint density at radius 3 is 2.91 bits per heavy atom. The first kappa shape index (κ1) is 14.8. The molecule has 0 bridgehead atoms. The first-order valence-corrected chi connectivity index (χ1v) is 8.63. The molecule has 3 aliphatic rings. The Bertz CT molecular complexity index is 663. The highest BCUT2D eigenvalue weighted by Crippen LogP contribution is 2.60. The third-order valence-corrected chi connectivity index (χ3v) is 6.53. The van der Waals surface area contributed by atoms with Crippen LogP contribution in [0.15, 0.2) is 29.8 Å². The average Bonchev–Trinajstić information content (AvgIpc) is 2.91. The molecule has 0 heterocycles. The van der Waals surface area contributed by atoms with Crippen LogP contribution in [-0.2, 0) is 16.0 Å². The molecule has 0 spiro atoms. The summed E-state index contributed by atoms with van der Waals surface area (Å²) in [6.45, 7) is 2.96. The standard InChI is InChI=1S/C20H24O3/c1-20-10-9-16-15-6-4-14(22-2)11-13(15)3-5-17(16)18(20)7-8-19(20)23-12-21/h4-6,11-12,16,18-19H,3,7-10H2,1-2H3/t16-,18+,19-,20+/m1/s1. The van der Waals surface area contributed by atoms with Crippen LogP contribution in [0, 0.1) is 11.3 Å². The third-order valence-electron chi connectivity index (χ3n) is 6.53. The van der Waals surface area contributed by atoms with E-state index in [-0.39, 0.29) is 11.5 Å². The number of carbonyl (C=O) groups excluding carboxylic acids is 1. The zero-order valence-corrected chi connectivity index (χ0v) is 13.9. The van der Waals surface area contributed by atoms with Crippen molar-refractivity contribution in [2.24, 2.45) is 11.3 Å². The van der Waals surface area contributed by atoms with E-state index >= 15 is 0 Å². The van der Waals surface area contributed by atoms with Crippen molar-refractivity contribution in [1.29, 1.82) is 0 Å². The second-order valence-corrected chi connectivity index (χ2v) is 7.42. The van der Waals surface area contributed by atoms with E-state index in [2.05, 4.69) is 31.2 Å². The zero-order valence-electron chi connectivity index (χ0n) is 13.9. The largest absolute Gasteiger partial charge is 0.497 e. The lowest BCUT2D eigenvalue weighted by molar-refractivity contribution is -0.139. The summed E-state index contributed by atoms with van der Waals surface area (Å²) in [5, 5.41) is 0. The summed E-state index contributed by atoms with van der Waals surface area (Å²) in [5.74, 6) is 2.04. The van der Waals surface area contributed by atoms with Crippen LogP contribution < -0.4 is 4.74 Å². The molecule has 23 heavy (non-hydrogen) atoms. The molecular weight excluding hydrogens is 288 g/mol. The SMILES string of the molecule is COc1ccc2c(c1)CC=C1[C@@H]2CC[C@]2(C)[C@H](OC=O)CC[C@@H]12. The molecule has 0 aromatic heterocycles. The first-order valence-electron chi connectivity index (χ1n) is 8.63. The van der Waals surface area contributed by atoms with Crippen LogP contribution in [0.25, 0.3) is 0 Å². The van der Waals surface area contributed by atoms with Crippen molar-refractivity contribution in [2.45, 2.75) is 51.0 Å². The number of ether oxygens (including phenoxy) is 2. The highest BCUT2D eigenvalue weighted by molar-refractivity contribution is 5.48. The van der Waals surface area contributed by atoms with Gasteiger partial charge < -0.3 is 9.47 Å². The summed E-state index contributed by atoms with van der Waals surface area (Å²) in [4.78, 5) is 10.8. The number of methoxy groups -OCH3 is 1. The maximum absolute atomic E-state index is 10.8. The number of hydrogen-bond acceptors (Lipinski definition) is 3. The van der Waals surface area contributed by atoms with Crippen molar-refractivity contribution in [3.8, 4) is 5.75 Å². The normalized spacial score (nSPS) is 34.7. The lowest BCUT2D eigenvalue weighted by Gasteiger charge is -2.46. The lowest BCUT2D eigenvalue weighted by Crippen LogP contribution is -2.40. The molecule has 4 atom stereocenters. The van der Waals surface area contributed by atoms with Crippen LogP contribution in [0.5, 0.6) is 5.75 Å². The van der Waals surface area contributed by atoms with E-state index in [0.717, 1.165) is 37.9 Å². The summed E-state index contributed by atoms with van der Waals surface area (Å²) >= 11 is 0. The van der Waals surface area contributed by atoms with Gasteiger partial charge in [-0.15, -0.1) is 0 Å². The number of fused-ring (bicyclic) bond motifs is 5. The monoisotopic (exact) mass is 312 g/mol. The van der Waals surface area contributed by atoms with E-state index in [1.165, 1.54) is 11.1 Å². The van der Waals surface area contributed by atoms with Gasteiger partial charge in [0, 0.05) is 11.3 Å². The van der Waals surface area contributed by atoms with E-state index in [0.29, 0.717) is 18.3 Å². The molecular formula is C20H24O3. The van der Waals surface area contributed by atoms with Gasteiger partial charge in [-0.2, -0.15) is 0 Å². The van der Waals surface area contributed by atoms with Crippen LogP contribution >= 0.6 is 0 Å². The Balaban J connectivity index is 1.67. The fraction of sp³-hybridized carbons (Fsp3) is 0.550. The fourth-order valence-corrected chi connectivity index (χ4v) is 5.31. The minimum Gasteiger partial charge on any atom is -0.497 e. The van der Waals surface area contributed by atoms with Crippen molar-refractivity contribution in [2.75, 3.05) is 7.11 Å². The fourth-order valence-electron chi connectivity index (χ4n) is 5.31. The van der Waals surface area contributed by atoms with Crippen molar-refractivity contribution in [3.05, 3.63) is 41.0 Å². The second kappa shape index (κ2) is 5.40. The Morgan fingerprint density at radius 1 is 1.26 bits per heavy atom. The molecule has 0 saturated heterocycles. The van der Waals surface area contributed by atoms with Crippen molar-refractivity contribution < 1.29 is 14.3 Å². The molecule has 3 aliphatic carbocycles. The number of benzene rings is 1. The molecule has 0 aliphatic heterocycles. The van der Waals surface area contributed by atoms with E-state index in [1.807, 2.05) is 0 Å². The van der Waals surface area contributed by atoms with Gasteiger partial charge in [0.05, 0.1) is 7.11 Å². The van der Waals surface area contributed by atoms with E-state index < -0.39 is 0 Å². The summed E-state index contributed by atoms with van der Waals surface area (Å²) in [5.41, 5.74) is 4.59. The van der Waals surface area contributed by atoms with Crippen LogP contribution in [0.3, 0.4) is 0 Å². The summed E-state index contributed by atoms with van der Waals surface area (Å²) in [6, 6.07) is 6.52. The van der Waals surface area contributed by atoms with E-state index in [9.17, 15) is 4.79 Å². The van der Waals surface area contributed by atoms with Crippen LogP contribution in [0.1, 0.15) is 49.7 Å². The molecule has 122 valence electrons. The molecule has 0 radical (unpaired) electrons. The molecule has 1 aromatic rings. The van der Waals surface area contributed by atoms with E-state index in [4.69, 9.17) is 9.47 Å². The Labute approximate surface area is 137 Å². The smallest absolute Gasteiger partial charge is 0.293 e. The maximum atomic E-state index is 10.8. The van der Waals surface area contributed by atoms with Crippen LogP contribution in [0.4, 0.5) is 0 Å². The van der Waals surface area contributed by atoms with Gasteiger partial charge in [0.15, 0.2) is 0 Å². The minimum atomic E-state index is 0.0871. The van der Waals surface area contributed by atoms with Crippen LogP contribution in [0.2, 0.25) is 0 Å². The van der Waals surface area contributed by atoms with Crippen molar-refractivity contribution in [3.63, 3.8) is 0 Å². The zero-order chi connectivity index (χ0) is 16.0. The first-order chi connectivity index (χ1) is 11.2. The molecule has 0 N–H and O–H groups in total. The number of hydrogen-bond donors (Lipinski definition) is 0. The predicted molar refractivity (Wildman–Crippen MR) is 88.5 cm³/mol. The van der Waals surface area contributed by atoms with Gasteiger partial charge in [0.1, 0.15) is 11.9 Å². The third kappa shape index (κ3) is 2.13. The van der Waals surface area contributed by atoms with E-state index in [1.54, 1.807) is 12.7 Å². The van der Waals surface area contributed by atoms with Gasteiger partial charge in [-0.25, -0.2) is 0 Å². The number of rotatable bonds is 3. The van der Waals surface area contributed by atoms with Gasteiger partial charge in [-0.1, -0.05) is 24.6 Å². The highest BCUT2D eigenvalue weighted by Gasteiger charge is 2.53. The molecule has 1 aromatic carbocycles. The summed E-state index contributed by atoms with van der Waals surface area (Å²) in [6.07, 6.45) is 7.94. The topological polar surface area (TPSA) is 35.5 Å². The Kier molecular flexibility index (Phi) is 3.47. The minimum absolute atomic E-state index is 0.0871. The summed E-state index contributed by atoms with van der Waals surface area (Å²) in [7, 11) is 1.73. The second-order valence-electron chi connectivity index (χ2n) is 7.42. The maximum Gasteiger partial charge on any atom is 0.293 e. The molecule has 2 fully saturated rings. The van der Waals surface area contributed by atoms with Crippen molar-refractivity contribution >= 4 is 6.47 Å². The van der Waals surface area contributed by atoms with Gasteiger partial charge in [-0.3, -0.25) is 4.79 Å². The quantitative estimate of drug-likeness (QED) is 0.625.